The van der Waals surface area contributed by atoms with Crippen LogP contribution in [0.4, 0.5) is 0 Å². The number of hydrogen-bond acceptors (Lipinski definition) is 5. The predicted molar refractivity (Wildman–Crippen MR) is 93.2 cm³/mol. The van der Waals surface area contributed by atoms with Gasteiger partial charge in [0.05, 0.1) is 12.0 Å². The Morgan fingerprint density at radius 1 is 1.26 bits per heavy atom. The normalized spacial score (nSPS) is 12.6. The van der Waals surface area contributed by atoms with E-state index in [0.717, 1.165) is 14.9 Å². The van der Waals surface area contributed by atoms with Gasteiger partial charge in [0, 0.05) is 14.9 Å². The van der Waals surface area contributed by atoms with Gasteiger partial charge < -0.3 is 9.47 Å². The van der Waals surface area contributed by atoms with E-state index in [4.69, 9.17) is 9.47 Å². The number of hydrogen-bond donors (Lipinski definition) is 1. The Kier molecular flexibility index (Phi) is 5.19. The zero-order valence-electron chi connectivity index (χ0n) is 12.0. The maximum absolute atomic E-state index is 11.8. The fourth-order valence-electron chi connectivity index (χ4n) is 1.90. The molecule has 23 heavy (non-hydrogen) atoms. The van der Waals surface area contributed by atoms with Crippen molar-refractivity contribution in [2.75, 3.05) is 12.5 Å². The van der Waals surface area contributed by atoms with E-state index in [1.165, 1.54) is 11.8 Å². The van der Waals surface area contributed by atoms with E-state index in [9.17, 15) is 4.79 Å². The maximum atomic E-state index is 11.8. The van der Waals surface area contributed by atoms with Crippen molar-refractivity contribution < 1.29 is 14.3 Å². The molecule has 1 aliphatic rings. The Bertz CT molecular complexity index is 738. The quantitative estimate of drug-likeness (QED) is 0.481. The zero-order valence-corrected chi connectivity index (χ0v) is 14.4. The van der Waals surface area contributed by atoms with Crippen molar-refractivity contribution in [3.8, 4) is 11.5 Å². The van der Waals surface area contributed by atoms with Crippen LogP contribution in [0.1, 0.15) is 5.56 Å². The minimum absolute atomic E-state index is 0.160. The van der Waals surface area contributed by atoms with E-state index in [1.807, 2.05) is 36.4 Å². The van der Waals surface area contributed by atoms with Crippen molar-refractivity contribution in [3.05, 3.63) is 52.5 Å². The van der Waals surface area contributed by atoms with E-state index in [0.29, 0.717) is 17.3 Å². The third-order valence-electron chi connectivity index (χ3n) is 3.00. The molecule has 7 heteroatoms. The molecule has 0 bridgehead atoms. The van der Waals surface area contributed by atoms with Crippen molar-refractivity contribution >= 4 is 39.8 Å². The molecule has 0 fully saturated rings. The first-order valence-corrected chi connectivity index (χ1v) is 8.59. The molecule has 3 rings (SSSR count). The first kappa shape index (κ1) is 15.9. The summed E-state index contributed by atoms with van der Waals surface area (Å²) in [6, 6.07) is 13.4. The van der Waals surface area contributed by atoms with E-state index < -0.39 is 0 Å². The summed E-state index contributed by atoms with van der Waals surface area (Å²) < 4.78 is 11.4. The summed E-state index contributed by atoms with van der Waals surface area (Å²) in [4.78, 5) is 12.8. The monoisotopic (exact) mass is 392 g/mol. The van der Waals surface area contributed by atoms with Gasteiger partial charge >= 0.3 is 0 Å². The van der Waals surface area contributed by atoms with Crippen LogP contribution in [0.3, 0.4) is 0 Å². The molecule has 0 unspecified atom stereocenters. The third-order valence-corrected chi connectivity index (χ3v) is 4.70. The summed E-state index contributed by atoms with van der Waals surface area (Å²) in [6.45, 7) is 0.218. The predicted octanol–water partition coefficient (Wildman–Crippen LogP) is 3.42. The highest BCUT2D eigenvalue weighted by atomic mass is 79.9. The Hall–Kier alpha value is -1.99. The number of hydrazone groups is 1. The number of carbonyl (C=O) groups is 1. The number of fused-ring (bicyclic) bond motifs is 1. The lowest BCUT2D eigenvalue weighted by Gasteiger charge is -2.02. The van der Waals surface area contributed by atoms with E-state index in [2.05, 4.69) is 26.5 Å². The molecule has 0 saturated heterocycles. The third kappa shape index (κ3) is 4.27. The van der Waals surface area contributed by atoms with Gasteiger partial charge in [-0.3, -0.25) is 4.79 Å². The fraction of sp³-hybridized carbons (Fsp3) is 0.125. The molecule has 0 aromatic heterocycles. The van der Waals surface area contributed by atoms with Gasteiger partial charge in [0.15, 0.2) is 11.5 Å². The summed E-state index contributed by atoms with van der Waals surface area (Å²) in [5.41, 5.74) is 3.31. The lowest BCUT2D eigenvalue weighted by molar-refractivity contribution is -0.118. The highest BCUT2D eigenvalue weighted by Crippen LogP contribution is 2.36. The summed E-state index contributed by atoms with van der Waals surface area (Å²) in [6.07, 6.45) is 1.57. The molecule has 1 N–H and O–H groups in total. The van der Waals surface area contributed by atoms with Gasteiger partial charge in [-0.2, -0.15) is 5.10 Å². The molecule has 0 atom stereocenters. The van der Waals surface area contributed by atoms with E-state index in [-0.39, 0.29) is 12.7 Å². The second-order valence-electron chi connectivity index (χ2n) is 4.62. The van der Waals surface area contributed by atoms with Crippen LogP contribution in [-0.2, 0) is 4.79 Å². The van der Waals surface area contributed by atoms with E-state index in [1.54, 1.807) is 12.3 Å². The van der Waals surface area contributed by atoms with Crippen LogP contribution in [-0.4, -0.2) is 24.7 Å². The molecular weight excluding hydrogens is 380 g/mol. The average Bonchev–Trinajstić information content (AvgIpc) is 3.01. The first-order valence-electron chi connectivity index (χ1n) is 6.81. The molecule has 1 aliphatic heterocycles. The Labute approximate surface area is 146 Å². The number of thioether (sulfide) groups is 1. The number of nitrogens with one attached hydrogen (secondary N) is 1. The van der Waals surface area contributed by atoms with Crippen LogP contribution in [0.25, 0.3) is 0 Å². The minimum atomic E-state index is -0.160. The lowest BCUT2D eigenvalue weighted by Crippen LogP contribution is -2.19. The highest BCUT2D eigenvalue weighted by molar-refractivity contribution is 9.10. The molecule has 0 radical (unpaired) electrons. The minimum Gasteiger partial charge on any atom is -0.454 e. The number of halogens is 1. The fourth-order valence-corrected chi connectivity index (χ4v) is 3.04. The van der Waals surface area contributed by atoms with Crippen LogP contribution < -0.4 is 14.9 Å². The second-order valence-corrected chi connectivity index (χ2v) is 6.52. The average molecular weight is 393 g/mol. The van der Waals surface area contributed by atoms with Crippen LogP contribution in [0.5, 0.6) is 11.5 Å². The van der Waals surface area contributed by atoms with Gasteiger partial charge in [0.2, 0.25) is 12.7 Å². The molecule has 2 aromatic carbocycles. The number of ether oxygens (including phenoxy) is 2. The summed E-state index contributed by atoms with van der Waals surface area (Å²) in [5, 5.41) is 3.98. The molecule has 5 nitrogen and oxygen atoms in total. The number of benzene rings is 2. The molecule has 0 saturated carbocycles. The van der Waals surface area contributed by atoms with Gasteiger partial charge in [-0.05, 0) is 40.2 Å². The second kappa shape index (κ2) is 7.52. The molecule has 2 aromatic rings. The number of nitrogens with zero attached hydrogens (tertiary/aromatic N) is 1. The molecule has 0 spiro atoms. The Morgan fingerprint density at radius 3 is 2.78 bits per heavy atom. The van der Waals surface area contributed by atoms with Gasteiger partial charge in [-0.1, -0.05) is 18.2 Å². The smallest absolute Gasteiger partial charge is 0.250 e. The van der Waals surface area contributed by atoms with Gasteiger partial charge in [-0.15, -0.1) is 11.8 Å². The largest absolute Gasteiger partial charge is 0.454 e. The van der Waals surface area contributed by atoms with Crippen molar-refractivity contribution in [3.63, 3.8) is 0 Å². The Balaban J connectivity index is 1.53. The SMILES string of the molecule is O=C(CSc1ccccc1)N/N=C\c1cc2c(cc1Br)OCO2. The molecular formula is C16H13BrN2O3S. The summed E-state index contributed by atoms with van der Waals surface area (Å²) in [5.74, 6) is 1.51. The molecule has 118 valence electrons. The van der Waals surface area contributed by atoms with Crippen LogP contribution >= 0.6 is 27.7 Å². The topological polar surface area (TPSA) is 59.9 Å². The van der Waals surface area contributed by atoms with Gasteiger partial charge in [0.25, 0.3) is 0 Å². The molecule has 0 aliphatic carbocycles. The molecule has 1 heterocycles. The summed E-state index contributed by atoms with van der Waals surface area (Å²) >= 11 is 4.90. The van der Waals surface area contributed by atoms with E-state index >= 15 is 0 Å². The molecule has 1 amide bonds. The van der Waals surface area contributed by atoms with Crippen LogP contribution in [0.2, 0.25) is 0 Å². The number of amides is 1. The maximum Gasteiger partial charge on any atom is 0.250 e. The highest BCUT2D eigenvalue weighted by Gasteiger charge is 2.15. The van der Waals surface area contributed by atoms with Crippen LogP contribution in [0.15, 0.2) is 56.9 Å². The first-order chi connectivity index (χ1) is 11.2. The van der Waals surface area contributed by atoms with Crippen LogP contribution in [0, 0.1) is 0 Å². The van der Waals surface area contributed by atoms with Crippen molar-refractivity contribution in [1.29, 1.82) is 0 Å². The standard InChI is InChI=1S/C16H13BrN2O3S/c17-13-7-15-14(21-10-22-15)6-11(13)8-18-19-16(20)9-23-12-4-2-1-3-5-12/h1-8H,9-10H2,(H,19,20)/b18-8-. The number of rotatable bonds is 5. The van der Waals surface area contributed by atoms with Gasteiger partial charge in [0.1, 0.15) is 0 Å². The number of carbonyl (C=O) groups excluding carboxylic acids is 1. The Morgan fingerprint density at radius 2 is 2.00 bits per heavy atom. The van der Waals surface area contributed by atoms with Crippen molar-refractivity contribution in [1.82, 2.24) is 5.43 Å². The summed E-state index contributed by atoms with van der Waals surface area (Å²) in [7, 11) is 0. The van der Waals surface area contributed by atoms with Gasteiger partial charge in [-0.25, -0.2) is 5.43 Å². The zero-order chi connectivity index (χ0) is 16.1. The lowest BCUT2D eigenvalue weighted by atomic mass is 10.2. The van der Waals surface area contributed by atoms with Crippen molar-refractivity contribution in [2.45, 2.75) is 4.90 Å². The van der Waals surface area contributed by atoms with Crippen molar-refractivity contribution in [2.24, 2.45) is 5.10 Å².